The Labute approximate surface area is 131 Å². The molecule has 1 fully saturated rings. The van der Waals surface area contributed by atoms with Crippen molar-refractivity contribution in [2.24, 2.45) is 0 Å². The van der Waals surface area contributed by atoms with E-state index in [9.17, 15) is 0 Å². The van der Waals surface area contributed by atoms with E-state index in [0.717, 1.165) is 16.9 Å². The van der Waals surface area contributed by atoms with Crippen LogP contribution in [0.3, 0.4) is 0 Å². The van der Waals surface area contributed by atoms with Gasteiger partial charge in [0, 0.05) is 19.3 Å². The first-order valence-corrected chi connectivity index (χ1v) is 8.71. The van der Waals surface area contributed by atoms with E-state index < -0.39 is 0 Å². The minimum absolute atomic E-state index is 0.636. The van der Waals surface area contributed by atoms with Crippen LogP contribution < -0.4 is 9.62 Å². The van der Waals surface area contributed by atoms with Gasteiger partial charge in [-0.05, 0) is 32.2 Å². The number of hydrogen-bond acceptors (Lipinski definition) is 5. The number of hydrogen-bond donors (Lipinski definition) is 2. The standard InChI is InChI=1S/C13H18N4.C2H7NS/c1-17(10-5-3-2-4-6-10)13-11-7-8-14-12(11)15-9-16-13;1-3-4-2/h7-10H,2-6H2,1H3,(H,14,15,16);3H,1-2H3. The van der Waals surface area contributed by atoms with Crippen LogP contribution in [-0.4, -0.2) is 41.3 Å². The lowest BCUT2D eigenvalue weighted by atomic mass is 9.94. The molecule has 2 aromatic heterocycles. The van der Waals surface area contributed by atoms with Gasteiger partial charge in [0.15, 0.2) is 0 Å². The number of H-pyrrole nitrogens is 1. The molecule has 0 amide bonds. The van der Waals surface area contributed by atoms with Crippen LogP contribution in [0.2, 0.25) is 0 Å². The molecule has 1 aliphatic rings. The predicted octanol–water partition coefficient (Wildman–Crippen LogP) is 3.21. The number of nitrogens with zero attached hydrogens (tertiary/aromatic N) is 3. The summed E-state index contributed by atoms with van der Waals surface area (Å²) in [4.78, 5) is 14.2. The van der Waals surface area contributed by atoms with Crippen molar-refractivity contribution in [3.63, 3.8) is 0 Å². The monoisotopic (exact) mass is 307 g/mol. The molecule has 0 unspecified atom stereocenters. The third-order valence-corrected chi connectivity index (χ3v) is 4.40. The Morgan fingerprint density at radius 3 is 2.67 bits per heavy atom. The second kappa shape index (κ2) is 8.24. The van der Waals surface area contributed by atoms with Crippen LogP contribution in [-0.2, 0) is 0 Å². The summed E-state index contributed by atoms with van der Waals surface area (Å²) in [5, 5.41) is 1.13. The lowest BCUT2D eigenvalue weighted by molar-refractivity contribution is 0.426. The molecule has 1 saturated carbocycles. The Balaban J connectivity index is 0.000000361. The van der Waals surface area contributed by atoms with Gasteiger partial charge in [0.2, 0.25) is 0 Å². The van der Waals surface area contributed by atoms with E-state index in [1.807, 2.05) is 19.5 Å². The predicted molar refractivity (Wildman–Crippen MR) is 91.7 cm³/mol. The fourth-order valence-corrected chi connectivity index (χ4v) is 2.78. The van der Waals surface area contributed by atoms with Crippen LogP contribution in [0.5, 0.6) is 0 Å². The highest BCUT2D eigenvalue weighted by Gasteiger charge is 2.20. The highest BCUT2D eigenvalue weighted by molar-refractivity contribution is 7.96. The van der Waals surface area contributed by atoms with Gasteiger partial charge in [-0.15, -0.1) is 0 Å². The maximum absolute atomic E-state index is 4.45. The number of fused-ring (bicyclic) bond motifs is 1. The van der Waals surface area contributed by atoms with Crippen LogP contribution in [0.1, 0.15) is 32.1 Å². The molecule has 0 bridgehead atoms. The first kappa shape index (κ1) is 16.1. The van der Waals surface area contributed by atoms with Gasteiger partial charge in [0.1, 0.15) is 17.8 Å². The molecule has 0 saturated heterocycles. The molecule has 0 aromatic carbocycles. The third kappa shape index (κ3) is 4.11. The topological polar surface area (TPSA) is 56.8 Å². The van der Waals surface area contributed by atoms with Crippen molar-refractivity contribution in [3.8, 4) is 0 Å². The summed E-state index contributed by atoms with van der Waals surface area (Å²) in [6, 6.07) is 2.70. The van der Waals surface area contributed by atoms with Crippen molar-refractivity contribution >= 4 is 28.8 Å². The first-order chi connectivity index (χ1) is 10.3. The molecule has 0 radical (unpaired) electrons. The molecule has 21 heavy (non-hydrogen) atoms. The van der Waals surface area contributed by atoms with Crippen molar-refractivity contribution in [1.82, 2.24) is 19.7 Å². The van der Waals surface area contributed by atoms with Crippen molar-refractivity contribution < 1.29 is 0 Å². The van der Waals surface area contributed by atoms with Gasteiger partial charge in [-0.3, -0.25) is 4.72 Å². The Morgan fingerprint density at radius 1 is 1.29 bits per heavy atom. The van der Waals surface area contributed by atoms with Crippen LogP contribution in [0.15, 0.2) is 18.6 Å². The summed E-state index contributed by atoms with van der Waals surface area (Å²) in [5.41, 5.74) is 0.928. The smallest absolute Gasteiger partial charge is 0.142 e. The minimum atomic E-state index is 0.636. The number of rotatable bonds is 3. The number of aromatic amines is 1. The van der Waals surface area contributed by atoms with Crippen LogP contribution in [0, 0.1) is 0 Å². The average Bonchev–Trinajstić information content (AvgIpc) is 3.04. The van der Waals surface area contributed by atoms with E-state index in [-0.39, 0.29) is 0 Å². The quantitative estimate of drug-likeness (QED) is 0.853. The molecule has 1 aliphatic carbocycles. The molecule has 6 heteroatoms. The number of aromatic nitrogens is 3. The molecule has 0 aliphatic heterocycles. The summed E-state index contributed by atoms with van der Waals surface area (Å²) < 4.78 is 2.85. The largest absolute Gasteiger partial charge is 0.356 e. The molecule has 2 N–H and O–H groups in total. The average molecular weight is 307 g/mol. The summed E-state index contributed by atoms with van der Waals surface area (Å²) in [5.74, 6) is 1.06. The molecule has 116 valence electrons. The maximum atomic E-state index is 4.45. The van der Waals surface area contributed by atoms with Crippen molar-refractivity contribution in [1.29, 1.82) is 0 Å². The lowest BCUT2D eigenvalue weighted by Crippen LogP contribution is -2.34. The summed E-state index contributed by atoms with van der Waals surface area (Å²) in [6.07, 6.45) is 12.2. The van der Waals surface area contributed by atoms with Gasteiger partial charge in [0.25, 0.3) is 0 Å². The zero-order chi connectivity index (χ0) is 15.1. The van der Waals surface area contributed by atoms with E-state index in [2.05, 4.69) is 37.7 Å². The van der Waals surface area contributed by atoms with Crippen molar-refractivity contribution in [2.75, 3.05) is 25.3 Å². The van der Waals surface area contributed by atoms with E-state index >= 15 is 0 Å². The summed E-state index contributed by atoms with van der Waals surface area (Å²) >= 11 is 1.61. The maximum Gasteiger partial charge on any atom is 0.142 e. The highest BCUT2D eigenvalue weighted by atomic mass is 32.2. The third-order valence-electron chi connectivity index (χ3n) is 3.99. The van der Waals surface area contributed by atoms with Gasteiger partial charge in [-0.25, -0.2) is 9.97 Å². The summed E-state index contributed by atoms with van der Waals surface area (Å²) in [7, 11) is 4.05. The normalized spacial score (nSPS) is 15.6. The van der Waals surface area contributed by atoms with E-state index in [1.54, 1.807) is 18.3 Å². The zero-order valence-corrected chi connectivity index (χ0v) is 13.9. The molecule has 2 aromatic rings. The van der Waals surface area contributed by atoms with E-state index in [4.69, 9.17) is 0 Å². The van der Waals surface area contributed by atoms with Crippen LogP contribution in [0.4, 0.5) is 5.82 Å². The molecular formula is C15H25N5S. The Hall–Kier alpha value is -1.27. The molecule has 0 spiro atoms. The van der Waals surface area contributed by atoms with Crippen molar-refractivity contribution in [2.45, 2.75) is 38.1 Å². The molecular weight excluding hydrogens is 282 g/mol. The van der Waals surface area contributed by atoms with Gasteiger partial charge in [0.05, 0.1) is 5.39 Å². The van der Waals surface area contributed by atoms with Gasteiger partial charge >= 0.3 is 0 Å². The summed E-state index contributed by atoms with van der Waals surface area (Å²) in [6.45, 7) is 0. The Bertz CT molecular complexity index is 534. The van der Waals surface area contributed by atoms with Crippen LogP contribution >= 0.6 is 11.9 Å². The second-order valence-corrected chi connectivity index (χ2v) is 6.06. The second-order valence-electron chi connectivity index (χ2n) is 5.25. The first-order valence-electron chi connectivity index (χ1n) is 7.48. The lowest BCUT2D eigenvalue weighted by Gasteiger charge is -2.32. The fourth-order valence-electron chi connectivity index (χ4n) is 2.78. The molecule has 2 heterocycles. The highest BCUT2D eigenvalue weighted by Crippen LogP contribution is 2.28. The van der Waals surface area contributed by atoms with Crippen LogP contribution in [0.25, 0.3) is 11.0 Å². The Kier molecular flexibility index (Phi) is 6.32. The SMILES string of the molecule is CN(c1ncnc2[nH]ccc12)C1CCCCC1.CNSC. The number of nitrogens with one attached hydrogen (secondary N) is 2. The van der Waals surface area contributed by atoms with Gasteiger partial charge < -0.3 is 9.88 Å². The minimum Gasteiger partial charge on any atom is -0.356 e. The van der Waals surface area contributed by atoms with Crippen molar-refractivity contribution in [3.05, 3.63) is 18.6 Å². The van der Waals surface area contributed by atoms with Gasteiger partial charge in [-0.2, -0.15) is 0 Å². The molecule has 3 rings (SSSR count). The molecule has 5 nitrogen and oxygen atoms in total. The zero-order valence-electron chi connectivity index (χ0n) is 13.1. The molecule has 0 atom stereocenters. The number of anilines is 1. The fraction of sp³-hybridized carbons (Fsp3) is 0.600. The Morgan fingerprint density at radius 2 is 2.00 bits per heavy atom. The van der Waals surface area contributed by atoms with E-state index in [1.165, 1.54) is 32.1 Å². The van der Waals surface area contributed by atoms with Gasteiger partial charge in [-0.1, -0.05) is 31.2 Å². The van der Waals surface area contributed by atoms with E-state index in [0.29, 0.717) is 6.04 Å².